The number of amides is 1. The van der Waals surface area contributed by atoms with Crippen LogP contribution in [-0.4, -0.2) is 47.6 Å². The lowest BCUT2D eigenvalue weighted by molar-refractivity contribution is -0.140. The first-order chi connectivity index (χ1) is 16.1. The van der Waals surface area contributed by atoms with E-state index in [2.05, 4.69) is 13.8 Å². The van der Waals surface area contributed by atoms with Crippen molar-refractivity contribution >= 4 is 29.1 Å². The normalized spacial score (nSPS) is 17.8. The monoisotopic (exact) mass is 485 g/mol. The number of aryl methyl sites for hydroxylation is 1. The summed E-state index contributed by atoms with van der Waals surface area (Å²) >= 11 is 6.06. The van der Waals surface area contributed by atoms with Crippen LogP contribution >= 0.6 is 11.6 Å². The van der Waals surface area contributed by atoms with Crippen LogP contribution in [-0.2, 0) is 14.3 Å². The van der Waals surface area contributed by atoms with Crippen molar-refractivity contribution in [3.8, 4) is 5.75 Å². The van der Waals surface area contributed by atoms with E-state index in [-0.39, 0.29) is 30.6 Å². The van der Waals surface area contributed by atoms with E-state index in [1.165, 1.54) is 4.90 Å². The number of likely N-dealkylation sites (tertiary alicyclic amines) is 1. The van der Waals surface area contributed by atoms with Crippen LogP contribution in [0.3, 0.4) is 0 Å². The zero-order valence-corrected chi connectivity index (χ0v) is 21.1. The molecule has 7 heteroatoms. The summed E-state index contributed by atoms with van der Waals surface area (Å²) in [6, 6.07) is 11.4. The summed E-state index contributed by atoms with van der Waals surface area (Å²) in [5.41, 5.74) is 2.01. The van der Waals surface area contributed by atoms with E-state index >= 15 is 0 Å². The highest BCUT2D eigenvalue weighted by Gasteiger charge is 2.45. The quantitative estimate of drug-likeness (QED) is 0.287. The van der Waals surface area contributed by atoms with Gasteiger partial charge in [0.2, 0.25) is 0 Å². The van der Waals surface area contributed by atoms with Crippen LogP contribution in [0.15, 0.2) is 48.0 Å². The zero-order valence-electron chi connectivity index (χ0n) is 20.3. The molecule has 1 N–H and O–H groups in total. The molecule has 0 aromatic heterocycles. The topological polar surface area (TPSA) is 76.1 Å². The maximum Gasteiger partial charge on any atom is 0.295 e. The highest BCUT2D eigenvalue weighted by atomic mass is 35.5. The summed E-state index contributed by atoms with van der Waals surface area (Å²) in [7, 11) is 0. The molecule has 34 heavy (non-hydrogen) atoms. The fraction of sp³-hybridized carbons (Fsp3) is 0.407. The van der Waals surface area contributed by atoms with E-state index in [4.69, 9.17) is 21.1 Å². The number of aliphatic hydroxyl groups excluding tert-OH is 1. The van der Waals surface area contributed by atoms with Crippen molar-refractivity contribution < 1.29 is 24.2 Å². The van der Waals surface area contributed by atoms with Crippen LogP contribution in [0.2, 0.25) is 5.02 Å². The summed E-state index contributed by atoms with van der Waals surface area (Å²) in [5.74, 6) is -0.514. The molecule has 2 aromatic rings. The molecule has 1 amide bonds. The van der Waals surface area contributed by atoms with Gasteiger partial charge in [0.25, 0.3) is 11.7 Å². The Morgan fingerprint density at radius 3 is 2.35 bits per heavy atom. The maximum atomic E-state index is 13.1. The molecule has 1 saturated heterocycles. The van der Waals surface area contributed by atoms with E-state index in [1.54, 1.807) is 42.5 Å². The Kier molecular flexibility index (Phi) is 8.39. The molecule has 2 aromatic carbocycles. The summed E-state index contributed by atoms with van der Waals surface area (Å²) < 4.78 is 11.4. The number of hydrogen-bond donors (Lipinski definition) is 1. The van der Waals surface area contributed by atoms with Crippen LogP contribution in [0, 0.1) is 12.8 Å². The van der Waals surface area contributed by atoms with Crippen molar-refractivity contribution in [2.75, 3.05) is 19.8 Å². The molecule has 1 aliphatic rings. The molecule has 0 saturated carbocycles. The lowest BCUT2D eigenvalue weighted by Gasteiger charge is -2.25. The number of hydrogen-bond acceptors (Lipinski definition) is 5. The molecular formula is C27H32ClNO5. The van der Waals surface area contributed by atoms with Gasteiger partial charge in [-0.2, -0.15) is 0 Å². The van der Waals surface area contributed by atoms with Crippen LogP contribution in [0.1, 0.15) is 50.4 Å². The number of rotatable bonds is 9. The van der Waals surface area contributed by atoms with Crippen molar-refractivity contribution in [3.63, 3.8) is 0 Å². The van der Waals surface area contributed by atoms with Gasteiger partial charge in [0, 0.05) is 17.1 Å². The number of ketones is 1. The van der Waals surface area contributed by atoms with Gasteiger partial charge in [-0.1, -0.05) is 37.6 Å². The highest BCUT2D eigenvalue weighted by molar-refractivity contribution is 6.46. The lowest BCUT2D eigenvalue weighted by atomic mass is 9.95. The Balaban J connectivity index is 2.03. The second kappa shape index (κ2) is 11.1. The molecule has 6 nitrogen and oxygen atoms in total. The Morgan fingerprint density at radius 1 is 1.09 bits per heavy atom. The fourth-order valence-corrected chi connectivity index (χ4v) is 3.99. The van der Waals surface area contributed by atoms with Gasteiger partial charge in [-0.25, -0.2) is 0 Å². The summed E-state index contributed by atoms with van der Waals surface area (Å²) in [4.78, 5) is 27.5. The highest BCUT2D eigenvalue weighted by Crippen LogP contribution is 2.40. The molecule has 182 valence electrons. The van der Waals surface area contributed by atoms with E-state index in [0.29, 0.717) is 34.4 Å². The third kappa shape index (κ3) is 5.80. The van der Waals surface area contributed by atoms with Crippen LogP contribution in [0.4, 0.5) is 0 Å². The minimum atomic E-state index is -0.745. The van der Waals surface area contributed by atoms with Gasteiger partial charge in [-0.05, 0) is 68.1 Å². The minimum absolute atomic E-state index is 0.00907. The standard InChI is InChI=1S/C27H32ClNO5/c1-16(2)15-34-22-11-8-20(14-18(22)5)25(30)23-24(19-6-9-21(28)10-7-19)29(27(32)26(23)31)12-13-33-17(3)4/h6-11,14,16-17,24,30H,12-13,15H2,1-5H3/b25-23-. The van der Waals surface area contributed by atoms with Crippen molar-refractivity contribution in [2.24, 2.45) is 5.92 Å². The maximum absolute atomic E-state index is 13.1. The molecule has 1 aliphatic heterocycles. The van der Waals surface area contributed by atoms with Gasteiger partial charge < -0.3 is 19.5 Å². The number of ether oxygens (including phenoxy) is 2. The number of benzene rings is 2. The second-order valence-corrected chi connectivity index (χ2v) is 9.59. The first-order valence-corrected chi connectivity index (χ1v) is 11.9. The lowest BCUT2D eigenvalue weighted by Crippen LogP contribution is -2.33. The Labute approximate surface area is 206 Å². The van der Waals surface area contributed by atoms with Crippen LogP contribution in [0.25, 0.3) is 5.76 Å². The largest absolute Gasteiger partial charge is 0.507 e. The predicted molar refractivity (Wildman–Crippen MR) is 133 cm³/mol. The number of Topliss-reactive ketones (excluding diaryl/α,β-unsaturated/α-hetero) is 1. The van der Waals surface area contributed by atoms with Gasteiger partial charge in [0.15, 0.2) is 0 Å². The first-order valence-electron chi connectivity index (χ1n) is 11.5. The van der Waals surface area contributed by atoms with Gasteiger partial charge in [-0.3, -0.25) is 9.59 Å². The third-order valence-electron chi connectivity index (χ3n) is 5.53. The Morgan fingerprint density at radius 2 is 1.76 bits per heavy atom. The minimum Gasteiger partial charge on any atom is -0.507 e. The SMILES string of the molecule is Cc1cc(/C(O)=C2/C(=O)C(=O)N(CCOC(C)C)C2c2ccc(Cl)cc2)ccc1OCC(C)C. The van der Waals surface area contributed by atoms with E-state index in [9.17, 15) is 14.7 Å². The molecule has 1 fully saturated rings. The van der Waals surface area contributed by atoms with Gasteiger partial charge in [0.1, 0.15) is 11.5 Å². The Bertz CT molecular complexity index is 1070. The van der Waals surface area contributed by atoms with Gasteiger partial charge in [0.05, 0.1) is 30.9 Å². The van der Waals surface area contributed by atoms with E-state index < -0.39 is 17.7 Å². The Hall–Kier alpha value is -2.83. The molecular weight excluding hydrogens is 454 g/mol. The van der Waals surface area contributed by atoms with Crippen LogP contribution in [0.5, 0.6) is 5.75 Å². The molecule has 0 bridgehead atoms. The predicted octanol–water partition coefficient (Wildman–Crippen LogP) is 5.53. The van der Waals surface area contributed by atoms with E-state index in [0.717, 1.165) is 5.56 Å². The number of carbonyl (C=O) groups is 2. The second-order valence-electron chi connectivity index (χ2n) is 9.15. The third-order valence-corrected chi connectivity index (χ3v) is 5.78. The summed E-state index contributed by atoms with van der Waals surface area (Å²) in [5, 5.41) is 11.8. The molecule has 1 unspecified atom stereocenters. The number of halogens is 1. The number of carbonyl (C=O) groups excluding carboxylic acids is 2. The average molecular weight is 486 g/mol. The number of aliphatic hydroxyl groups is 1. The molecule has 3 rings (SSSR count). The molecule has 0 spiro atoms. The molecule has 1 atom stereocenters. The molecule has 0 aliphatic carbocycles. The van der Waals surface area contributed by atoms with Crippen molar-refractivity contribution in [1.82, 2.24) is 4.90 Å². The van der Waals surface area contributed by atoms with E-state index in [1.807, 2.05) is 20.8 Å². The number of nitrogens with zero attached hydrogens (tertiary/aromatic N) is 1. The summed E-state index contributed by atoms with van der Waals surface area (Å²) in [6.45, 7) is 10.9. The zero-order chi connectivity index (χ0) is 25.0. The molecule has 1 heterocycles. The van der Waals surface area contributed by atoms with Crippen molar-refractivity contribution in [1.29, 1.82) is 0 Å². The average Bonchev–Trinajstić information content (AvgIpc) is 3.03. The first kappa shape index (κ1) is 25.8. The summed E-state index contributed by atoms with van der Waals surface area (Å²) in [6.07, 6.45) is -0.00907. The van der Waals surface area contributed by atoms with Crippen molar-refractivity contribution in [2.45, 2.75) is 46.8 Å². The fourth-order valence-electron chi connectivity index (χ4n) is 3.86. The molecule has 0 radical (unpaired) electrons. The van der Waals surface area contributed by atoms with Gasteiger partial charge in [-0.15, -0.1) is 0 Å². The van der Waals surface area contributed by atoms with Gasteiger partial charge >= 0.3 is 0 Å². The van der Waals surface area contributed by atoms with Crippen LogP contribution < -0.4 is 4.74 Å². The van der Waals surface area contributed by atoms with Crippen molar-refractivity contribution in [3.05, 3.63) is 69.8 Å². The smallest absolute Gasteiger partial charge is 0.295 e.